The molecule has 1 aliphatic heterocycles. The fraction of sp³-hybridized carbons (Fsp3) is 0.350. The minimum Gasteiger partial charge on any atom is -0.408 e. The first kappa shape index (κ1) is 16.6. The minimum absolute atomic E-state index is 0.0166. The van der Waals surface area contributed by atoms with E-state index in [1.54, 1.807) is 25.2 Å². The maximum absolute atomic E-state index is 12.8. The molecule has 134 valence electrons. The van der Waals surface area contributed by atoms with Crippen LogP contribution < -0.4 is 5.76 Å². The summed E-state index contributed by atoms with van der Waals surface area (Å²) >= 11 is 0. The summed E-state index contributed by atoms with van der Waals surface area (Å²) < 4.78 is 6.55. The van der Waals surface area contributed by atoms with Gasteiger partial charge < -0.3 is 9.32 Å². The Kier molecular flexibility index (Phi) is 4.32. The molecule has 1 saturated heterocycles. The maximum atomic E-state index is 12.8. The number of pyridine rings is 1. The molecule has 0 radical (unpaired) electrons. The molecule has 1 aromatic carbocycles. The second-order valence-corrected chi connectivity index (χ2v) is 6.90. The van der Waals surface area contributed by atoms with Gasteiger partial charge in [0.15, 0.2) is 5.58 Å². The first-order valence-corrected chi connectivity index (χ1v) is 8.89. The van der Waals surface area contributed by atoms with Gasteiger partial charge in [0.2, 0.25) is 0 Å². The summed E-state index contributed by atoms with van der Waals surface area (Å²) in [7, 11) is 1.65. The van der Waals surface area contributed by atoms with Crippen molar-refractivity contribution in [3.63, 3.8) is 0 Å². The summed E-state index contributed by atoms with van der Waals surface area (Å²) in [5.41, 5.74) is 3.05. The number of hydrogen-bond donors (Lipinski definition) is 0. The van der Waals surface area contributed by atoms with Gasteiger partial charge in [-0.1, -0.05) is 0 Å². The zero-order valence-electron chi connectivity index (χ0n) is 14.7. The van der Waals surface area contributed by atoms with Crippen LogP contribution in [0.15, 0.2) is 51.9 Å². The molecule has 3 heterocycles. The van der Waals surface area contributed by atoms with Gasteiger partial charge in [-0.05, 0) is 61.1 Å². The summed E-state index contributed by atoms with van der Waals surface area (Å²) in [6.45, 7) is 1.52. The summed E-state index contributed by atoms with van der Waals surface area (Å²) in [6.07, 6.45) is 6.69. The summed E-state index contributed by atoms with van der Waals surface area (Å²) in [4.78, 5) is 30.4. The van der Waals surface area contributed by atoms with Crippen LogP contribution >= 0.6 is 0 Å². The molecular weight excluding hydrogens is 330 g/mol. The fourth-order valence-corrected chi connectivity index (χ4v) is 3.63. The van der Waals surface area contributed by atoms with Crippen molar-refractivity contribution >= 4 is 17.0 Å². The lowest BCUT2D eigenvalue weighted by atomic mass is 9.90. The van der Waals surface area contributed by atoms with E-state index >= 15 is 0 Å². The van der Waals surface area contributed by atoms with Crippen molar-refractivity contribution in [2.75, 3.05) is 13.1 Å². The highest BCUT2D eigenvalue weighted by molar-refractivity contribution is 5.97. The SMILES string of the molecule is Cn1c(=O)oc2ccc(C(=O)N3CCC(Cc4ccncc4)CC3)cc21. The van der Waals surface area contributed by atoms with E-state index in [9.17, 15) is 9.59 Å². The fourth-order valence-electron chi connectivity index (χ4n) is 3.63. The topological polar surface area (TPSA) is 68.3 Å². The third-order valence-corrected chi connectivity index (χ3v) is 5.21. The summed E-state index contributed by atoms with van der Waals surface area (Å²) in [5, 5.41) is 0. The van der Waals surface area contributed by atoms with E-state index in [1.165, 1.54) is 10.1 Å². The van der Waals surface area contributed by atoms with Crippen LogP contribution in [0, 0.1) is 5.92 Å². The number of rotatable bonds is 3. The van der Waals surface area contributed by atoms with Crippen LogP contribution in [0.4, 0.5) is 0 Å². The number of nitrogens with zero attached hydrogens (tertiary/aromatic N) is 3. The van der Waals surface area contributed by atoms with Crippen LogP contribution in [-0.2, 0) is 13.5 Å². The number of oxazole rings is 1. The second kappa shape index (κ2) is 6.78. The average Bonchev–Trinajstić information content (AvgIpc) is 2.96. The van der Waals surface area contributed by atoms with Gasteiger partial charge in [0, 0.05) is 38.1 Å². The van der Waals surface area contributed by atoms with Crippen molar-refractivity contribution in [2.45, 2.75) is 19.3 Å². The smallest absolute Gasteiger partial charge is 0.408 e. The van der Waals surface area contributed by atoms with Crippen molar-refractivity contribution in [3.8, 4) is 0 Å². The number of hydrogen-bond acceptors (Lipinski definition) is 4. The molecule has 0 bridgehead atoms. The largest absolute Gasteiger partial charge is 0.419 e. The lowest BCUT2D eigenvalue weighted by molar-refractivity contribution is 0.0690. The van der Waals surface area contributed by atoms with E-state index in [4.69, 9.17) is 4.42 Å². The molecule has 3 aromatic rings. The molecule has 2 aromatic heterocycles. The Morgan fingerprint density at radius 2 is 1.92 bits per heavy atom. The Bertz CT molecular complexity index is 982. The van der Waals surface area contributed by atoms with E-state index in [1.807, 2.05) is 17.3 Å². The molecule has 4 rings (SSSR count). The van der Waals surface area contributed by atoms with E-state index in [0.717, 1.165) is 32.4 Å². The predicted octanol–water partition coefficient (Wildman–Crippen LogP) is 2.62. The van der Waals surface area contributed by atoms with Gasteiger partial charge in [-0.3, -0.25) is 14.3 Å². The first-order valence-electron chi connectivity index (χ1n) is 8.89. The molecular formula is C20H21N3O3. The van der Waals surface area contributed by atoms with Crippen LogP contribution in [0.25, 0.3) is 11.1 Å². The van der Waals surface area contributed by atoms with Crippen LogP contribution in [0.3, 0.4) is 0 Å². The highest BCUT2D eigenvalue weighted by Gasteiger charge is 2.24. The molecule has 0 aliphatic carbocycles. The highest BCUT2D eigenvalue weighted by atomic mass is 16.4. The zero-order chi connectivity index (χ0) is 18.1. The summed E-state index contributed by atoms with van der Waals surface area (Å²) in [6, 6.07) is 9.28. The molecule has 26 heavy (non-hydrogen) atoms. The Morgan fingerprint density at radius 1 is 1.19 bits per heavy atom. The molecule has 0 unspecified atom stereocenters. The van der Waals surface area contributed by atoms with E-state index < -0.39 is 5.76 Å². The number of piperidine rings is 1. The number of aryl methyl sites for hydroxylation is 1. The third kappa shape index (κ3) is 3.14. The molecule has 1 amide bonds. The quantitative estimate of drug-likeness (QED) is 0.727. The second-order valence-electron chi connectivity index (χ2n) is 6.90. The van der Waals surface area contributed by atoms with Crippen LogP contribution in [0.1, 0.15) is 28.8 Å². The predicted molar refractivity (Wildman–Crippen MR) is 98.0 cm³/mol. The number of carbonyl (C=O) groups is 1. The van der Waals surface area contributed by atoms with E-state index in [-0.39, 0.29) is 5.91 Å². The van der Waals surface area contributed by atoms with Gasteiger partial charge in [0.1, 0.15) is 0 Å². The number of benzene rings is 1. The van der Waals surface area contributed by atoms with Crippen molar-refractivity contribution in [2.24, 2.45) is 13.0 Å². The normalized spacial score (nSPS) is 15.5. The molecule has 1 fully saturated rings. The number of carbonyl (C=O) groups excluding carboxylic acids is 1. The molecule has 0 saturated carbocycles. The monoisotopic (exact) mass is 351 g/mol. The Labute approximate surface area is 151 Å². The van der Waals surface area contributed by atoms with Gasteiger partial charge in [-0.15, -0.1) is 0 Å². The standard InChI is InChI=1S/C20H21N3O3/c1-22-17-13-16(2-3-18(17)26-20(22)25)19(24)23-10-6-15(7-11-23)12-14-4-8-21-9-5-14/h2-5,8-9,13,15H,6-7,10-12H2,1H3. The molecule has 0 N–H and O–H groups in total. The number of fused-ring (bicyclic) bond motifs is 1. The number of amides is 1. The van der Waals surface area contributed by atoms with Gasteiger partial charge in [-0.2, -0.15) is 0 Å². The van der Waals surface area contributed by atoms with Crippen molar-refractivity contribution in [3.05, 3.63) is 64.4 Å². The summed E-state index contributed by atoms with van der Waals surface area (Å²) in [5.74, 6) is 0.197. The van der Waals surface area contributed by atoms with E-state index in [0.29, 0.717) is 22.6 Å². The third-order valence-electron chi connectivity index (χ3n) is 5.21. The van der Waals surface area contributed by atoms with Crippen molar-refractivity contribution in [1.29, 1.82) is 0 Å². The maximum Gasteiger partial charge on any atom is 0.419 e. The van der Waals surface area contributed by atoms with Crippen molar-refractivity contribution < 1.29 is 9.21 Å². The molecule has 1 aliphatic rings. The molecule has 0 spiro atoms. The lowest BCUT2D eigenvalue weighted by Gasteiger charge is -2.32. The van der Waals surface area contributed by atoms with Crippen LogP contribution in [-0.4, -0.2) is 33.4 Å². The van der Waals surface area contributed by atoms with Crippen LogP contribution in [0.5, 0.6) is 0 Å². The van der Waals surface area contributed by atoms with Gasteiger partial charge in [0.25, 0.3) is 5.91 Å². The Morgan fingerprint density at radius 3 is 2.65 bits per heavy atom. The number of likely N-dealkylation sites (tertiary alicyclic amines) is 1. The Hall–Kier alpha value is -2.89. The van der Waals surface area contributed by atoms with Gasteiger partial charge in [-0.25, -0.2) is 4.79 Å². The van der Waals surface area contributed by atoms with E-state index in [2.05, 4.69) is 17.1 Å². The lowest BCUT2D eigenvalue weighted by Crippen LogP contribution is -2.38. The molecule has 6 nitrogen and oxygen atoms in total. The van der Waals surface area contributed by atoms with Crippen molar-refractivity contribution in [1.82, 2.24) is 14.5 Å². The zero-order valence-corrected chi connectivity index (χ0v) is 14.7. The Balaban J connectivity index is 1.43. The first-order chi connectivity index (χ1) is 12.6. The van der Waals surface area contributed by atoms with Gasteiger partial charge >= 0.3 is 5.76 Å². The minimum atomic E-state index is -0.415. The van der Waals surface area contributed by atoms with Gasteiger partial charge in [0.05, 0.1) is 5.52 Å². The highest BCUT2D eigenvalue weighted by Crippen LogP contribution is 2.23. The average molecular weight is 351 g/mol. The van der Waals surface area contributed by atoms with Crippen LogP contribution in [0.2, 0.25) is 0 Å². The molecule has 0 atom stereocenters. The number of aromatic nitrogens is 2. The molecule has 6 heteroatoms.